The van der Waals surface area contributed by atoms with Crippen molar-refractivity contribution in [2.75, 3.05) is 32.0 Å². The molecule has 3 rings (SSSR count). The van der Waals surface area contributed by atoms with E-state index in [9.17, 15) is 26.4 Å². The van der Waals surface area contributed by atoms with Gasteiger partial charge in [0, 0.05) is 32.7 Å². The van der Waals surface area contributed by atoms with Gasteiger partial charge < -0.3 is 10.2 Å². The van der Waals surface area contributed by atoms with Crippen LogP contribution in [-0.2, 0) is 16.2 Å². The predicted octanol–water partition coefficient (Wildman–Crippen LogP) is 2.99. The number of anilines is 1. The maximum atomic E-state index is 13.0. The average molecular weight is 456 g/mol. The Morgan fingerprint density at radius 3 is 2.29 bits per heavy atom. The molecule has 0 spiro atoms. The van der Waals surface area contributed by atoms with E-state index >= 15 is 0 Å². The second-order valence-electron chi connectivity index (χ2n) is 7.31. The van der Waals surface area contributed by atoms with E-state index in [1.54, 1.807) is 37.9 Å². The zero-order valence-corrected chi connectivity index (χ0v) is 18.1. The Balaban J connectivity index is 1.75. The molecule has 0 saturated carbocycles. The van der Waals surface area contributed by atoms with E-state index in [0.29, 0.717) is 17.1 Å². The van der Waals surface area contributed by atoms with Gasteiger partial charge in [-0.05, 0) is 50.2 Å². The number of carbonyl (C=O) groups is 1. The molecule has 1 aliphatic rings. The Morgan fingerprint density at radius 1 is 1.13 bits per heavy atom. The average Bonchev–Trinajstić information content (AvgIpc) is 2.72. The number of nitrogens with zero attached hydrogens (tertiary/aromatic N) is 3. The van der Waals surface area contributed by atoms with Crippen molar-refractivity contribution >= 4 is 21.7 Å². The number of benzene rings is 1. The van der Waals surface area contributed by atoms with Crippen LogP contribution in [0.15, 0.2) is 41.3 Å². The maximum Gasteiger partial charge on any atom is 0.416 e. The van der Waals surface area contributed by atoms with Crippen LogP contribution < -0.4 is 5.32 Å². The monoisotopic (exact) mass is 456 g/mol. The van der Waals surface area contributed by atoms with Crippen LogP contribution in [0.2, 0.25) is 0 Å². The van der Waals surface area contributed by atoms with Crippen LogP contribution in [0.3, 0.4) is 0 Å². The molecule has 7 nitrogen and oxygen atoms in total. The van der Waals surface area contributed by atoms with Crippen LogP contribution in [0.4, 0.5) is 19.0 Å². The van der Waals surface area contributed by atoms with Gasteiger partial charge in [0.15, 0.2) is 0 Å². The Hall–Kier alpha value is -2.66. The topological polar surface area (TPSA) is 82.6 Å². The van der Waals surface area contributed by atoms with Crippen molar-refractivity contribution in [1.29, 1.82) is 0 Å². The summed E-state index contributed by atoms with van der Waals surface area (Å²) in [6.07, 6.45) is -4.54. The summed E-state index contributed by atoms with van der Waals surface area (Å²) in [5.41, 5.74) is 0.0808. The molecule has 2 aromatic rings. The molecular formula is C20H23F3N4O3S. The fourth-order valence-corrected chi connectivity index (χ4v) is 5.00. The van der Waals surface area contributed by atoms with Gasteiger partial charge in [0.2, 0.25) is 10.0 Å². The first-order chi connectivity index (χ1) is 14.4. The smallest absolute Gasteiger partial charge is 0.373 e. The number of pyridine rings is 1. The molecule has 1 atom stereocenters. The Kier molecular flexibility index (Phi) is 6.28. The third-order valence-electron chi connectivity index (χ3n) is 5.24. The summed E-state index contributed by atoms with van der Waals surface area (Å²) in [7, 11) is -2.26. The van der Waals surface area contributed by atoms with Crippen LogP contribution in [0.1, 0.15) is 28.5 Å². The summed E-state index contributed by atoms with van der Waals surface area (Å²) < 4.78 is 65.2. The van der Waals surface area contributed by atoms with Crippen molar-refractivity contribution in [3.05, 3.63) is 53.2 Å². The van der Waals surface area contributed by atoms with Gasteiger partial charge >= 0.3 is 6.18 Å². The fraction of sp³-hybridized carbons (Fsp3) is 0.400. The van der Waals surface area contributed by atoms with E-state index in [1.807, 2.05) is 0 Å². The number of rotatable bonds is 4. The van der Waals surface area contributed by atoms with Gasteiger partial charge in [0.25, 0.3) is 5.91 Å². The van der Waals surface area contributed by atoms with Crippen LogP contribution in [-0.4, -0.2) is 61.2 Å². The summed E-state index contributed by atoms with van der Waals surface area (Å²) in [4.78, 5) is 18.7. The van der Waals surface area contributed by atoms with Crippen molar-refractivity contribution in [1.82, 2.24) is 14.2 Å². The molecule has 1 fully saturated rings. The second kappa shape index (κ2) is 8.46. The molecule has 1 amide bonds. The van der Waals surface area contributed by atoms with Crippen LogP contribution in [0.5, 0.6) is 0 Å². The summed E-state index contributed by atoms with van der Waals surface area (Å²) in [5.74, 6) is 0.390. The molecule has 1 aromatic heterocycles. The van der Waals surface area contributed by atoms with Gasteiger partial charge in [-0.1, -0.05) is 0 Å². The minimum Gasteiger partial charge on any atom is -0.373 e. The highest BCUT2D eigenvalue weighted by molar-refractivity contribution is 7.89. The highest BCUT2D eigenvalue weighted by Crippen LogP contribution is 2.30. The third kappa shape index (κ3) is 4.67. The Labute approximate surface area is 178 Å². The lowest BCUT2D eigenvalue weighted by molar-refractivity contribution is -0.137. The normalized spacial score (nSPS) is 18.1. The molecule has 1 N–H and O–H groups in total. The highest BCUT2D eigenvalue weighted by atomic mass is 32.2. The van der Waals surface area contributed by atoms with Crippen LogP contribution in [0, 0.1) is 6.92 Å². The molecular weight excluding hydrogens is 433 g/mol. The van der Waals surface area contributed by atoms with E-state index < -0.39 is 27.8 Å². The third-order valence-corrected chi connectivity index (χ3v) is 7.12. The van der Waals surface area contributed by atoms with Gasteiger partial charge in [-0.2, -0.15) is 17.5 Å². The molecule has 1 aliphatic heterocycles. The lowest BCUT2D eigenvalue weighted by Gasteiger charge is -2.39. The number of amides is 1. The summed E-state index contributed by atoms with van der Waals surface area (Å²) in [6, 6.07) is 6.36. The molecule has 1 aromatic carbocycles. The van der Waals surface area contributed by atoms with E-state index in [4.69, 9.17) is 0 Å². The quantitative estimate of drug-likeness (QED) is 0.765. The number of nitrogens with one attached hydrogen (secondary N) is 1. The molecule has 2 heterocycles. The number of piperazine rings is 1. The van der Waals surface area contributed by atoms with Crippen LogP contribution in [0.25, 0.3) is 0 Å². The van der Waals surface area contributed by atoms with E-state index in [2.05, 4.69) is 10.3 Å². The van der Waals surface area contributed by atoms with Gasteiger partial charge in [-0.25, -0.2) is 13.4 Å². The largest absolute Gasteiger partial charge is 0.416 e. The van der Waals surface area contributed by atoms with Gasteiger partial charge in [0.05, 0.1) is 21.7 Å². The van der Waals surface area contributed by atoms with Crippen molar-refractivity contribution in [3.63, 3.8) is 0 Å². The van der Waals surface area contributed by atoms with Crippen molar-refractivity contribution < 1.29 is 26.4 Å². The first-order valence-electron chi connectivity index (χ1n) is 9.59. The lowest BCUT2D eigenvalue weighted by atomic mass is 10.1. The maximum absolute atomic E-state index is 13.0. The number of aryl methyl sites for hydroxylation is 1. The number of hydrogen-bond donors (Lipinski definition) is 1. The number of alkyl halides is 3. The summed E-state index contributed by atoms with van der Waals surface area (Å²) >= 11 is 0. The standard InChI is InChI=1S/C20H23F3N4O3S/c1-13-12-26(31(29,30)16-6-4-15(5-7-16)20(21,22)23)10-11-27(13)19(28)17-8-9-18(24-3)25-14(17)2/h4-9,13H,10-12H2,1-3H3,(H,24,25). The molecule has 1 saturated heterocycles. The molecule has 0 radical (unpaired) electrons. The number of halogens is 3. The van der Waals surface area contributed by atoms with E-state index in [1.165, 1.54) is 4.31 Å². The minimum atomic E-state index is -4.54. The number of aromatic nitrogens is 1. The number of sulfonamides is 1. The molecule has 168 valence electrons. The molecule has 0 aliphatic carbocycles. The SMILES string of the molecule is CNc1ccc(C(=O)N2CCN(S(=O)(=O)c3ccc(C(F)(F)F)cc3)CC2C)c(C)n1. The van der Waals surface area contributed by atoms with E-state index in [0.717, 1.165) is 24.3 Å². The first-order valence-corrected chi connectivity index (χ1v) is 11.0. The second-order valence-corrected chi connectivity index (χ2v) is 9.25. The summed E-state index contributed by atoms with van der Waals surface area (Å²) in [6.45, 7) is 3.70. The Morgan fingerprint density at radius 2 is 1.77 bits per heavy atom. The summed E-state index contributed by atoms with van der Waals surface area (Å²) in [5, 5.41) is 2.90. The van der Waals surface area contributed by atoms with Crippen LogP contribution >= 0.6 is 0 Å². The molecule has 31 heavy (non-hydrogen) atoms. The predicted molar refractivity (Wildman–Crippen MR) is 109 cm³/mol. The molecule has 1 unspecified atom stereocenters. The number of carbonyl (C=O) groups excluding carboxylic acids is 1. The lowest BCUT2D eigenvalue weighted by Crippen LogP contribution is -2.55. The zero-order chi connectivity index (χ0) is 23.0. The van der Waals surface area contributed by atoms with Crippen molar-refractivity contribution in [3.8, 4) is 0 Å². The van der Waals surface area contributed by atoms with E-state index in [-0.39, 0.29) is 30.4 Å². The highest BCUT2D eigenvalue weighted by Gasteiger charge is 2.36. The first kappa shape index (κ1) is 23.0. The fourth-order valence-electron chi connectivity index (χ4n) is 3.49. The van der Waals surface area contributed by atoms with Gasteiger partial charge in [-0.15, -0.1) is 0 Å². The minimum absolute atomic E-state index is 0.0379. The Bertz CT molecular complexity index is 1070. The molecule has 11 heteroatoms. The van der Waals surface area contributed by atoms with Gasteiger partial charge in [-0.3, -0.25) is 4.79 Å². The van der Waals surface area contributed by atoms with Crippen molar-refractivity contribution in [2.45, 2.75) is 31.0 Å². The number of hydrogen-bond acceptors (Lipinski definition) is 5. The molecule has 0 bridgehead atoms. The zero-order valence-electron chi connectivity index (χ0n) is 17.3. The van der Waals surface area contributed by atoms with Gasteiger partial charge in [0.1, 0.15) is 5.82 Å². The van der Waals surface area contributed by atoms with Crippen molar-refractivity contribution in [2.24, 2.45) is 0 Å².